The zero-order valence-electron chi connectivity index (χ0n) is 14.1. The van der Waals surface area contributed by atoms with Crippen LogP contribution in [0.25, 0.3) is 0 Å². The van der Waals surface area contributed by atoms with Gasteiger partial charge in [-0.3, -0.25) is 9.59 Å². The lowest BCUT2D eigenvalue weighted by Crippen LogP contribution is -2.40. The van der Waals surface area contributed by atoms with Crippen LogP contribution in [0.3, 0.4) is 0 Å². The summed E-state index contributed by atoms with van der Waals surface area (Å²) in [4.78, 5) is 25.6. The molecule has 1 unspecified atom stereocenters. The van der Waals surface area contributed by atoms with Crippen LogP contribution in [-0.2, 0) is 9.59 Å². The van der Waals surface area contributed by atoms with Crippen molar-refractivity contribution < 1.29 is 19.4 Å². The molecule has 6 heteroatoms. The molecule has 1 aliphatic heterocycles. The minimum Gasteiger partial charge on any atom is -0.492 e. The molecule has 24 heavy (non-hydrogen) atoms. The Kier molecular flexibility index (Phi) is 6.27. The van der Waals surface area contributed by atoms with E-state index in [1.807, 2.05) is 38.1 Å². The second-order valence-corrected chi connectivity index (χ2v) is 7.42. The number of carboxylic acid groups (broad SMARTS) is 1. The summed E-state index contributed by atoms with van der Waals surface area (Å²) in [6, 6.07) is 7.59. The molecule has 1 heterocycles. The fourth-order valence-electron chi connectivity index (χ4n) is 3.06. The van der Waals surface area contributed by atoms with Gasteiger partial charge < -0.3 is 14.7 Å². The molecular weight excluding hydrogens is 374 g/mol. The third-order valence-corrected chi connectivity index (χ3v) is 5.47. The van der Waals surface area contributed by atoms with E-state index < -0.39 is 11.4 Å². The predicted molar refractivity (Wildman–Crippen MR) is 95.0 cm³/mol. The third kappa shape index (κ3) is 4.09. The summed E-state index contributed by atoms with van der Waals surface area (Å²) < 4.78 is 6.54. The highest BCUT2D eigenvalue weighted by Gasteiger charge is 2.48. The summed E-state index contributed by atoms with van der Waals surface area (Å²) in [7, 11) is 0. The lowest BCUT2D eigenvalue weighted by Gasteiger charge is -2.28. The molecule has 1 atom stereocenters. The fraction of sp³-hybridized carbons (Fsp3) is 0.556. The van der Waals surface area contributed by atoms with Gasteiger partial charge in [-0.2, -0.15) is 0 Å². The molecule has 5 nitrogen and oxygen atoms in total. The van der Waals surface area contributed by atoms with Crippen LogP contribution in [0.15, 0.2) is 28.7 Å². The van der Waals surface area contributed by atoms with E-state index in [-0.39, 0.29) is 11.8 Å². The molecule has 0 spiro atoms. The molecule has 1 fully saturated rings. The summed E-state index contributed by atoms with van der Waals surface area (Å²) in [6.45, 7) is 5.11. The Labute approximate surface area is 151 Å². The normalized spacial score (nSPS) is 20.4. The van der Waals surface area contributed by atoms with Crippen LogP contribution in [0.4, 0.5) is 0 Å². The van der Waals surface area contributed by atoms with Crippen molar-refractivity contribution in [1.82, 2.24) is 4.90 Å². The van der Waals surface area contributed by atoms with Gasteiger partial charge in [0, 0.05) is 19.5 Å². The van der Waals surface area contributed by atoms with E-state index in [0.717, 1.165) is 10.2 Å². The van der Waals surface area contributed by atoms with Crippen molar-refractivity contribution in [3.63, 3.8) is 0 Å². The smallest absolute Gasteiger partial charge is 0.311 e. The topological polar surface area (TPSA) is 66.8 Å². The molecule has 1 saturated heterocycles. The first-order valence-electron chi connectivity index (χ1n) is 8.25. The number of para-hydroxylation sites is 1. The highest BCUT2D eigenvalue weighted by molar-refractivity contribution is 9.10. The Balaban J connectivity index is 1.80. The van der Waals surface area contributed by atoms with Gasteiger partial charge in [0.05, 0.1) is 16.5 Å². The maximum absolute atomic E-state index is 12.3. The first kappa shape index (κ1) is 18.8. The Morgan fingerprint density at radius 2 is 2.08 bits per heavy atom. The largest absolute Gasteiger partial charge is 0.492 e. The number of likely N-dealkylation sites (tertiary alicyclic amines) is 1. The van der Waals surface area contributed by atoms with Crippen LogP contribution in [-0.4, -0.2) is 41.6 Å². The van der Waals surface area contributed by atoms with Crippen molar-refractivity contribution in [2.75, 3.05) is 19.7 Å². The second kappa shape index (κ2) is 8.01. The van der Waals surface area contributed by atoms with Crippen molar-refractivity contribution in [3.8, 4) is 5.75 Å². The maximum Gasteiger partial charge on any atom is 0.311 e. The zero-order chi connectivity index (χ0) is 17.7. The molecule has 1 N–H and O–H groups in total. The van der Waals surface area contributed by atoms with Crippen LogP contribution in [0.1, 0.15) is 33.1 Å². The first-order chi connectivity index (χ1) is 11.4. The highest BCUT2D eigenvalue weighted by atomic mass is 79.9. The lowest BCUT2D eigenvalue weighted by molar-refractivity contribution is -0.151. The van der Waals surface area contributed by atoms with Gasteiger partial charge in [-0.15, -0.1) is 0 Å². The predicted octanol–water partition coefficient (Wildman–Crippen LogP) is 3.57. The average Bonchev–Trinajstić information content (AvgIpc) is 3.00. The number of carboxylic acids is 1. The number of carbonyl (C=O) groups excluding carboxylic acids is 1. The van der Waals surface area contributed by atoms with E-state index in [1.165, 1.54) is 0 Å². The van der Waals surface area contributed by atoms with Crippen LogP contribution in [0, 0.1) is 11.3 Å². The number of rotatable bonds is 7. The van der Waals surface area contributed by atoms with Crippen LogP contribution < -0.4 is 4.74 Å². The number of hydrogen-bond acceptors (Lipinski definition) is 3. The summed E-state index contributed by atoms with van der Waals surface area (Å²) in [5.41, 5.74) is -0.805. The molecule has 0 bridgehead atoms. The van der Waals surface area contributed by atoms with E-state index >= 15 is 0 Å². The molecule has 0 saturated carbocycles. The molecular formula is C18H24BrNO4. The Morgan fingerprint density at radius 1 is 1.38 bits per heavy atom. The van der Waals surface area contributed by atoms with Crippen molar-refractivity contribution in [2.24, 2.45) is 11.3 Å². The van der Waals surface area contributed by atoms with Crippen LogP contribution in [0.2, 0.25) is 0 Å². The number of nitrogens with zero attached hydrogens (tertiary/aromatic N) is 1. The van der Waals surface area contributed by atoms with Crippen molar-refractivity contribution in [2.45, 2.75) is 33.1 Å². The molecule has 1 aromatic carbocycles. The number of ether oxygens (including phenoxy) is 1. The van der Waals surface area contributed by atoms with Gasteiger partial charge in [-0.1, -0.05) is 26.0 Å². The van der Waals surface area contributed by atoms with Gasteiger partial charge in [0.15, 0.2) is 0 Å². The standard InChI is InChI=1S/C18H24BrNO4/c1-13(2)18(17(22)23)9-10-20(12-18)16(21)8-5-11-24-15-7-4-3-6-14(15)19/h3-4,6-7,13H,5,8-12H2,1-2H3,(H,22,23). The van der Waals surface area contributed by atoms with E-state index in [4.69, 9.17) is 4.74 Å². The maximum atomic E-state index is 12.3. The molecule has 1 aromatic rings. The number of amides is 1. The second-order valence-electron chi connectivity index (χ2n) is 6.56. The minimum absolute atomic E-state index is 0.00608. The summed E-state index contributed by atoms with van der Waals surface area (Å²) in [5.74, 6) is -0.0260. The molecule has 0 radical (unpaired) electrons. The SMILES string of the molecule is CC(C)C1(C(=O)O)CCN(C(=O)CCCOc2ccccc2Br)C1. The van der Waals surface area contributed by atoms with E-state index in [1.54, 1.807) is 4.90 Å². The third-order valence-electron chi connectivity index (χ3n) is 4.81. The van der Waals surface area contributed by atoms with Gasteiger partial charge in [0.1, 0.15) is 5.75 Å². The van der Waals surface area contributed by atoms with E-state index in [2.05, 4.69) is 15.9 Å². The quantitative estimate of drug-likeness (QED) is 0.714. The molecule has 0 aromatic heterocycles. The van der Waals surface area contributed by atoms with Gasteiger partial charge in [-0.25, -0.2) is 0 Å². The molecule has 0 aliphatic carbocycles. The Hall–Kier alpha value is -1.56. The van der Waals surface area contributed by atoms with Crippen molar-refractivity contribution in [1.29, 1.82) is 0 Å². The van der Waals surface area contributed by atoms with Gasteiger partial charge in [0.25, 0.3) is 0 Å². The first-order valence-corrected chi connectivity index (χ1v) is 9.04. The number of aliphatic carboxylic acids is 1. The summed E-state index contributed by atoms with van der Waals surface area (Å²) in [5, 5.41) is 9.54. The van der Waals surface area contributed by atoms with Gasteiger partial charge in [0.2, 0.25) is 5.91 Å². The van der Waals surface area contributed by atoms with E-state index in [9.17, 15) is 14.7 Å². The molecule has 132 valence electrons. The minimum atomic E-state index is -0.805. The number of benzene rings is 1. The van der Waals surface area contributed by atoms with Gasteiger partial charge >= 0.3 is 5.97 Å². The molecule has 1 amide bonds. The highest BCUT2D eigenvalue weighted by Crippen LogP contribution is 2.38. The Bertz CT molecular complexity index is 604. The molecule has 1 aliphatic rings. The summed E-state index contributed by atoms with van der Waals surface area (Å²) in [6.07, 6.45) is 1.51. The van der Waals surface area contributed by atoms with Gasteiger partial charge in [-0.05, 0) is 46.8 Å². The average molecular weight is 398 g/mol. The van der Waals surface area contributed by atoms with Crippen LogP contribution in [0.5, 0.6) is 5.75 Å². The summed E-state index contributed by atoms with van der Waals surface area (Å²) >= 11 is 3.41. The number of hydrogen-bond donors (Lipinski definition) is 1. The zero-order valence-corrected chi connectivity index (χ0v) is 15.7. The molecule has 2 rings (SSSR count). The van der Waals surface area contributed by atoms with E-state index in [0.29, 0.717) is 39.0 Å². The monoisotopic (exact) mass is 397 g/mol. The van der Waals surface area contributed by atoms with Crippen molar-refractivity contribution >= 4 is 27.8 Å². The fourth-order valence-corrected chi connectivity index (χ4v) is 3.46. The Morgan fingerprint density at radius 3 is 2.67 bits per heavy atom. The number of carbonyl (C=O) groups is 2. The number of halogens is 1. The van der Waals surface area contributed by atoms with Crippen LogP contribution >= 0.6 is 15.9 Å². The lowest BCUT2D eigenvalue weighted by atomic mass is 9.76. The van der Waals surface area contributed by atoms with Crippen molar-refractivity contribution in [3.05, 3.63) is 28.7 Å².